The van der Waals surface area contributed by atoms with Crippen LogP contribution in [0.15, 0.2) is 34.1 Å². The highest BCUT2D eigenvalue weighted by molar-refractivity contribution is 8.03. The van der Waals surface area contributed by atoms with E-state index in [9.17, 15) is 0 Å². The first kappa shape index (κ1) is 14.0. The van der Waals surface area contributed by atoms with Gasteiger partial charge in [0.2, 0.25) is 0 Å². The Kier molecular flexibility index (Phi) is 4.42. The van der Waals surface area contributed by atoms with Gasteiger partial charge >= 0.3 is 0 Å². The minimum atomic E-state index is 0.272. The molecule has 0 bridgehead atoms. The SMILES string of the molecule is CC(C)(C)Sc1ccccc1SC(C)(C)C. The van der Waals surface area contributed by atoms with Crippen molar-refractivity contribution < 1.29 is 0 Å². The Hall–Kier alpha value is -0.0800. The lowest BCUT2D eigenvalue weighted by Gasteiger charge is -2.23. The van der Waals surface area contributed by atoms with Crippen molar-refractivity contribution in [1.29, 1.82) is 0 Å². The van der Waals surface area contributed by atoms with Gasteiger partial charge in [-0.05, 0) is 12.1 Å². The predicted octanol–water partition coefficient (Wildman–Crippen LogP) is 5.47. The lowest BCUT2D eigenvalue weighted by atomic mass is 10.3. The summed E-state index contributed by atoms with van der Waals surface area (Å²) in [4.78, 5) is 2.80. The summed E-state index contributed by atoms with van der Waals surface area (Å²) >= 11 is 3.89. The number of hydrogen-bond donors (Lipinski definition) is 0. The van der Waals surface area contributed by atoms with Crippen LogP contribution in [0.25, 0.3) is 0 Å². The molecule has 0 heterocycles. The average Bonchev–Trinajstić information content (AvgIpc) is 2.03. The minimum Gasteiger partial charge on any atom is -0.119 e. The predicted molar refractivity (Wildman–Crippen MR) is 77.7 cm³/mol. The molecule has 0 unspecified atom stereocenters. The standard InChI is InChI=1S/C14H22S2/c1-13(2,3)15-11-9-7-8-10-12(11)16-14(4,5)6/h7-10H,1-6H3. The third kappa shape index (κ3) is 5.31. The smallest absolute Gasteiger partial charge is 0.0214 e. The van der Waals surface area contributed by atoms with Gasteiger partial charge in [0.25, 0.3) is 0 Å². The highest BCUT2D eigenvalue weighted by atomic mass is 32.2. The van der Waals surface area contributed by atoms with Crippen LogP contribution in [-0.4, -0.2) is 9.49 Å². The molecule has 0 saturated heterocycles. The van der Waals surface area contributed by atoms with E-state index in [1.54, 1.807) is 0 Å². The molecule has 0 radical (unpaired) electrons. The van der Waals surface area contributed by atoms with Crippen LogP contribution in [-0.2, 0) is 0 Å². The van der Waals surface area contributed by atoms with Crippen LogP contribution in [0, 0.1) is 0 Å². The minimum absolute atomic E-state index is 0.272. The van der Waals surface area contributed by atoms with Crippen molar-refractivity contribution in [1.82, 2.24) is 0 Å². The molecule has 0 N–H and O–H groups in total. The zero-order valence-electron chi connectivity index (χ0n) is 11.1. The molecular weight excluding hydrogens is 232 g/mol. The van der Waals surface area contributed by atoms with Gasteiger partial charge in [-0.15, -0.1) is 23.5 Å². The van der Waals surface area contributed by atoms with Gasteiger partial charge in [-0.2, -0.15) is 0 Å². The third-order valence-corrected chi connectivity index (χ3v) is 4.19. The van der Waals surface area contributed by atoms with Crippen molar-refractivity contribution in [3.05, 3.63) is 24.3 Å². The van der Waals surface area contributed by atoms with Crippen molar-refractivity contribution in [2.24, 2.45) is 0 Å². The van der Waals surface area contributed by atoms with Crippen molar-refractivity contribution in [2.45, 2.75) is 60.8 Å². The molecule has 0 saturated carbocycles. The quantitative estimate of drug-likeness (QED) is 0.642. The lowest BCUT2D eigenvalue weighted by Crippen LogP contribution is -2.09. The van der Waals surface area contributed by atoms with Gasteiger partial charge in [0.15, 0.2) is 0 Å². The number of hydrogen-bond acceptors (Lipinski definition) is 2. The molecule has 0 atom stereocenters. The Labute approximate surface area is 109 Å². The fourth-order valence-corrected chi connectivity index (χ4v) is 3.48. The molecule has 0 nitrogen and oxygen atoms in total. The van der Waals surface area contributed by atoms with E-state index in [2.05, 4.69) is 65.8 Å². The summed E-state index contributed by atoms with van der Waals surface area (Å²) in [6, 6.07) is 8.70. The second-order valence-corrected chi connectivity index (χ2v) is 9.61. The monoisotopic (exact) mass is 254 g/mol. The molecule has 0 fully saturated rings. The largest absolute Gasteiger partial charge is 0.119 e. The summed E-state index contributed by atoms with van der Waals surface area (Å²) < 4.78 is 0.545. The molecule has 1 aromatic carbocycles. The second-order valence-electron chi connectivity index (χ2n) is 5.88. The van der Waals surface area contributed by atoms with Crippen LogP contribution in [0.4, 0.5) is 0 Å². The fourth-order valence-electron chi connectivity index (χ4n) is 1.28. The lowest BCUT2D eigenvalue weighted by molar-refractivity contribution is 0.794. The number of rotatable bonds is 2. The molecule has 0 amide bonds. The van der Waals surface area contributed by atoms with Crippen LogP contribution in [0.5, 0.6) is 0 Å². The van der Waals surface area contributed by atoms with Crippen molar-refractivity contribution in [2.75, 3.05) is 0 Å². The summed E-state index contributed by atoms with van der Waals surface area (Å²) in [6.07, 6.45) is 0. The molecule has 0 aliphatic heterocycles. The van der Waals surface area contributed by atoms with Crippen LogP contribution >= 0.6 is 23.5 Å². The first-order valence-electron chi connectivity index (χ1n) is 5.64. The van der Waals surface area contributed by atoms with Crippen LogP contribution in [0.1, 0.15) is 41.5 Å². The maximum absolute atomic E-state index is 2.26. The van der Waals surface area contributed by atoms with Crippen molar-refractivity contribution in [3.8, 4) is 0 Å². The average molecular weight is 254 g/mol. The van der Waals surface area contributed by atoms with Gasteiger partial charge in [-0.3, -0.25) is 0 Å². The molecule has 16 heavy (non-hydrogen) atoms. The Morgan fingerprint density at radius 2 is 1.00 bits per heavy atom. The maximum atomic E-state index is 2.26. The summed E-state index contributed by atoms with van der Waals surface area (Å²) in [7, 11) is 0. The van der Waals surface area contributed by atoms with Crippen molar-refractivity contribution >= 4 is 23.5 Å². The van der Waals surface area contributed by atoms with Crippen LogP contribution in [0.3, 0.4) is 0 Å². The molecular formula is C14H22S2. The van der Waals surface area contributed by atoms with E-state index in [-0.39, 0.29) is 9.49 Å². The molecule has 90 valence electrons. The van der Waals surface area contributed by atoms with Gasteiger partial charge in [0, 0.05) is 19.3 Å². The summed E-state index contributed by atoms with van der Waals surface area (Å²) in [5.74, 6) is 0. The van der Waals surface area contributed by atoms with Gasteiger partial charge in [-0.25, -0.2) is 0 Å². The highest BCUT2D eigenvalue weighted by Crippen LogP contribution is 2.41. The molecule has 1 rings (SSSR count). The van der Waals surface area contributed by atoms with E-state index in [4.69, 9.17) is 0 Å². The molecule has 0 aromatic heterocycles. The third-order valence-electron chi connectivity index (χ3n) is 1.68. The Morgan fingerprint density at radius 3 is 1.25 bits per heavy atom. The van der Waals surface area contributed by atoms with E-state index >= 15 is 0 Å². The van der Waals surface area contributed by atoms with Gasteiger partial charge in [0.1, 0.15) is 0 Å². The highest BCUT2D eigenvalue weighted by Gasteiger charge is 2.18. The first-order valence-corrected chi connectivity index (χ1v) is 7.28. The van der Waals surface area contributed by atoms with Crippen LogP contribution in [0.2, 0.25) is 0 Å². The Morgan fingerprint density at radius 1 is 0.688 bits per heavy atom. The second kappa shape index (κ2) is 5.05. The molecule has 0 aliphatic carbocycles. The number of thioether (sulfide) groups is 2. The van der Waals surface area contributed by atoms with Crippen molar-refractivity contribution in [3.63, 3.8) is 0 Å². The fraction of sp³-hybridized carbons (Fsp3) is 0.571. The molecule has 2 heteroatoms. The normalized spacial score (nSPS) is 12.9. The first-order chi connectivity index (χ1) is 7.17. The Balaban J connectivity index is 2.92. The van der Waals surface area contributed by atoms with Gasteiger partial charge in [0.05, 0.1) is 0 Å². The van der Waals surface area contributed by atoms with Crippen LogP contribution < -0.4 is 0 Å². The maximum Gasteiger partial charge on any atom is 0.0214 e. The number of benzene rings is 1. The van der Waals surface area contributed by atoms with Gasteiger partial charge < -0.3 is 0 Å². The van der Waals surface area contributed by atoms with Gasteiger partial charge in [-0.1, -0.05) is 53.7 Å². The summed E-state index contributed by atoms with van der Waals surface area (Å²) in [5, 5.41) is 0. The van der Waals surface area contributed by atoms with E-state index in [1.807, 2.05) is 23.5 Å². The zero-order valence-corrected chi connectivity index (χ0v) is 12.8. The molecule has 0 spiro atoms. The Bertz CT molecular complexity index is 307. The summed E-state index contributed by atoms with van der Waals surface area (Å²) in [5.41, 5.74) is 0. The van der Waals surface area contributed by atoms with E-state index in [1.165, 1.54) is 9.79 Å². The zero-order chi connectivity index (χ0) is 12.4. The molecule has 0 aliphatic rings. The molecule has 1 aromatic rings. The van der Waals surface area contributed by atoms with E-state index in [0.29, 0.717) is 0 Å². The van der Waals surface area contributed by atoms with E-state index < -0.39 is 0 Å². The summed E-state index contributed by atoms with van der Waals surface area (Å²) in [6.45, 7) is 13.6. The van der Waals surface area contributed by atoms with E-state index in [0.717, 1.165) is 0 Å². The topological polar surface area (TPSA) is 0 Å².